The molecule has 0 bridgehead atoms. The van der Waals surface area contributed by atoms with Crippen molar-refractivity contribution in [2.75, 3.05) is 17.2 Å². The number of rotatable bonds is 6. The molecule has 0 saturated carbocycles. The van der Waals surface area contributed by atoms with Gasteiger partial charge in [-0.25, -0.2) is 0 Å². The van der Waals surface area contributed by atoms with Crippen LogP contribution in [0, 0.1) is 0 Å². The number of benzene rings is 2. The highest BCUT2D eigenvalue weighted by Crippen LogP contribution is 2.38. The summed E-state index contributed by atoms with van der Waals surface area (Å²) in [4.78, 5) is 25.4. The lowest BCUT2D eigenvalue weighted by Gasteiger charge is -2.23. The fourth-order valence-electron chi connectivity index (χ4n) is 2.49. The van der Waals surface area contributed by atoms with E-state index < -0.39 is 5.25 Å². The van der Waals surface area contributed by atoms with Crippen LogP contribution in [0.15, 0.2) is 47.4 Å². The summed E-state index contributed by atoms with van der Waals surface area (Å²) in [5, 5.41) is 5.71. The van der Waals surface area contributed by atoms with E-state index in [1.165, 1.54) is 11.8 Å². The van der Waals surface area contributed by atoms with Gasteiger partial charge in [-0.3, -0.25) is 9.59 Å². The first kappa shape index (κ1) is 18.6. The Labute approximate surface area is 161 Å². The molecule has 136 valence electrons. The molecule has 26 heavy (non-hydrogen) atoms. The zero-order valence-electron chi connectivity index (χ0n) is 14.3. The van der Waals surface area contributed by atoms with Gasteiger partial charge in [-0.1, -0.05) is 18.5 Å². The van der Waals surface area contributed by atoms with Crippen LogP contribution in [0.4, 0.5) is 11.4 Å². The van der Waals surface area contributed by atoms with Crippen molar-refractivity contribution in [3.8, 4) is 5.75 Å². The Kier molecular flexibility index (Phi) is 6.06. The number of fused-ring (bicyclic) bond motifs is 1. The van der Waals surface area contributed by atoms with Gasteiger partial charge < -0.3 is 15.4 Å². The van der Waals surface area contributed by atoms with Gasteiger partial charge in [0.2, 0.25) is 11.8 Å². The molecular weight excluding hydrogens is 372 g/mol. The quantitative estimate of drug-likeness (QED) is 0.758. The van der Waals surface area contributed by atoms with Gasteiger partial charge in [0, 0.05) is 22.0 Å². The molecule has 5 nitrogen and oxygen atoms in total. The smallest absolute Gasteiger partial charge is 0.238 e. The van der Waals surface area contributed by atoms with Crippen molar-refractivity contribution in [2.45, 2.75) is 29.9 Å². The molecule has 2 aromatic rings. The van der Waals surface area contributed by atoms with E-state index in [2.05, 4.69) is 10.6 Å². The van der Waals surface area contributed by atoms with E-state index in [0.29, 0.717) is 23.0 Å². The molecule has 0 saturated heterocycles. The maximum Gasteiger partial charge on any atom is 0.238 e. The molecule has 2 aromatic carbocycles. The maximum absolute atomic E-state index is 12.3. The van der Waals surface area contributed by atoms with Crippen LogP contribution in [-0.4, -0.2) is 23.7 Å². The first-order valence-corrected chi connectivity index (χ1v) is 9.60. The molecule has 0 radical (unpaired) electrons. The fourth-order valence-corrected chi connectivity index (χ4v) is 3.75. The van der Waals surface area contributed by atoms with Gasteiger partial charge >= 0.3 is 0 Å². The van der Waals surface area contributed by atoms with E-state index in [-0.39, 0.29) is 18.2 Å². The number of carbonyl (C=O) groups is 2. The normalized spacial score (nSPS) is 15.8. The summed E-state index contributed by atoms with van der Waals surface area (Å²) >= 11 is 7.31. The third kappa shape index (κ3) is 4.71. The van der Waals surface area contributed by atoms with Crippen LogP contribution in [-0.2, 0) is 9.59 Å². The number of ether oxygens (including phenoxy) is 1. The molecule has 1 unspecified atom stereocenters. The highest BCUT2D eigenvalue weighted by molar-refractivity contribution is 8.01. The Balaban J connectivity index is 1.58. The van der Waals surface area contributed by atoms with E-state index >= 15 is 0 Å². The van der Waals surface area contributed by atoms with E-state index in [9.17, 15) is 9.59 Å². The van der Waals surface area contributed by atoms with Crippen LogP contribution in [0.5, 0.6) is 5.75 Å². The van der Waals surface area contributed by atoms with Crippen LogP contribution in [0.3, 0.4) is 0 Å². The zero-order chi connectivity index (χ0) is 18.5. The van der Waals surface area contributed by atoms with Gasteiger partial charge in [0.05, 0.1) is 17.5 Å². The predicted molar refractivity (Wildman–Crippen MR) is 105 cm³/mol. The minimum Gasteiger partial charge on any atom is -0.494 e. The standard InChI is InChI=1S/C19H19ClN2O3S/c1-2-9-25-14-6-4-13(5-7-14)21-18(23)11-17-19(24)22-15-10-12(20)3-8-16(15)26-17/h3-8,10,17H,2,9,11H2,1H3,(H,21,23)(H,22,24). The van der Waals surface area contributed by atoms with E-state index in [1.807, 2.05) is 25.1 Å². The number of amides is 2. The molecule has 2 N–H and O–H groups in total. The van der Waals surface area contributed by atoms with Crippen LogP contribution < -0.4 is 15.4 Å². The molecule has 1 aliphatic rings. The van der Waals surface area contributed by atoms with Gasteiger partial charge in [0.1, 0.15) is 5.75 Å². The average molecular weight is 391 g/mol. The summed E-state index contributed by atoms with van der Waals surface area (Å²) in [6.45, 7) is 2.70. The topological polar surface area (TPSA) is 67.4 Å². The highest BCUT2D eigenvalue weighted by Gasteiger charge is 2.29. The first-order valence-electron chi connectivity index (χ1n) is 8.35. The Morgan fingerprint density at radius 2 is 2.04 bits per heavy atom. The van der Waals surface area contributed by atoms with Gasteiger partial charge in [0.25, 0.3) is 0 Å². The van der Waals surface area contributed by atoms with Crippen molar-refractivity contribution >= 4 is 46.6 Å². The van der Waals surface area contributed by atoms with Crippen molar-refractivity contribution in [3.05, 3.63) is 47.5 Å². The molecule has 7 heteroatoms. The highest BCUT2D eigenvalue weighted by atomic mass is 35.5. The van der Waals surface area contributed by atoms with Gasteiger partial charge in [-0.15, -0.1) is 11.8 Å². The van der Waals surface area contributed by atoms with Gasteiger partial charge in [-0.2, -0.15) is 0 Å². The number of hydrogen-bond acceptors (Lipinski definition) is 4. The van der Waals surface area contributed by atoms with Crippen molar-refractivity contribution in [1.82, 2.24) is 0 Å². The zero-order valence-corrected chi connectivity index (χ0v) is 15.8. The number of anilines is 2. The van der Waals surface area contributed by atoms with Crippen molar-refractivity contribution in [3.63, 3.8) is 0 Å². The molecule has 0 spiro atoms. The third-order valence-corrected chi connectivity index (χ3v) is 5.25. The molecule has 1 heterocycles. The summed E-state index contributed by atoms with van der Waals surface area (Å²) in [7, 11) is 0. The average Bonchev–Trinajstić information content (AvgIpc) is 2.62. The fraction of sp³-hybridized carbons (Fsp3) is 0.263. The number of hydrogen-bond donors (Lipinski definition) is 2. The summed E-state index contributed by atoms with van der Waals surface area (Å²) in [5.41, 5.74) is 1.36. The molecular formula is C19H19ClN2O3S. The number of nitrogens with one attached hydrogen (secondary N) is 2. The Hall–Kier alpha value is -2.18. The Bertz CT molecular complexity index is 811. The number of halogens is 1. The van der Waals surface area contributed by atoms with Crippen molar-refractivity contribution < 1.29 is 14.3 Å². The summed E-state index contributed by atoms with van der Waals surface area (Å²) < 4.78 is 5.51. The second-order valence-electron chi connectivity index (χ2n) is 5.86. The van der Waals surface area contributed by atoms with Crippen molar-refractivity contribution in [2.24, 2.45) is 0 Å². The first-order chi connectivity index (χ1) is 12.5. The molecule has 1 aliphatic heterocycles. The largest absolute Gasteiger partial charge is 0.494 e. The molecule has 2 amide bonds. The van der Waals surface area contributed by atoms with Gasteiger partial charge in [0.15, 0.2) is 0 Å². The van der Waals surface area contributed by atoms with Gasteiger partial charge in [-0.05, 0) is 48.9 Å². The second kappa shape index (κ2) is 8.47. The van der Waals surface area contributed by atoms with Crippen LogP contribution in [0.2, 0.25) is 5.02 Å². The number of thioether (sulfide) groups is 1. The lowest BCUT2D eigenvalue weighted by Crippen LogP contribution is -2.32. The van der Waals surface area contributed by atoms with Crippen LogP contribution in [0.1, 0.15) is 19.8 Å². The molecule has 1 atom stereocenters. The summed E-state index contributed by atoms with van der Waals surface area (Å²) in [5.74, 6) is 0.364. The minimum atomic E-state index is -0.476. The lowest BCUT2D eigenvalue weighted by molar-refractivity contribution is -0.120. The second-order valence-corrected chi connectivity index (χ2v) is 7.54. The molecule has 0 fully saturated rings. The summed E-state index contributed by atoms with van der Waals surface area (Å²) in [6.07, 6.45) is 1.03. The van der Waals surface area contributed by atoms with Crippen LogP contribution >= 0.6 is 23.4 Å². The Morgan fingerprint density at radius 1 is 1.27 bits per heavy atom. The number of carbonyl (C=O) groups excluding carboxylic acids is 2. The summed E-state index contributed by atoms with van der Waals surface area (Å²) in [6, 6.07) is 12.5. The van der Waals surface area contributed by atoms with E-state index in [0.717, 1.165) is 17.1 Å². The minimum absolute atomic E-state index is 0.0899. The Morgan fingerprint density at radius 3 is 2.77 bits per heavy atom. The third-order valence-electron chi connectivity index (χ3n) is 3.74. The molecule has 0 aromatic heterocycles. The molecule has 3 rings (SSSR count). The van der Waals surface area contributed by atoms with Crippen LogP contribution in [0.25, 0.3) is 0 Å². The lowest BCUT2D eigenvalue weighted by atomic mass is 10.2. The van der Waals surface area contributed by atoms with E-state index in [4.69, 9.17) is 16.3 Å². The predicted octanol–water partition coefficient (Wildman–Crippen LogP) is 4.57. The maximum atomic E-state index is 12.3. The van der Waals surface area contributed by atoms with E-state index in [1.54, 1.807) is 24.3 Å². The van der Waals surface area contributed by atoms with Crippen molar-refractivity contribution in [1.29, 1.82) is 0 Å². The monoisotopic (exact) mass is 390 g/mol. The molecule has 0 aliphatic carbocycles. The SMILES string of the molecule is CCCOc1ccc(NC(=O)CC2Sc3ccc(Cl)cc3NC2=O)cc1.